The van der Waals surface area contributed by atoms with Crippen LogP contribution >= 0.6 is 12.6 Å². The Labute approximate surface area is 83.1 Å². The van der Waals surface area contributed by atoms with Crippen molar-refractivity contribution < 1.29 is 14.7 Å². The van der Waals surface area contributed by atoms with Gasteiger partial charge in [0.1, 0.15) is 6.29 Å². The first-order chi connectivity index (χ1) is 6.20. The number of hydrogen-bond donors (Lipinski definition) is 3. The summed E-state index contributed by atoms with van der Waals surface area (Å²) in [4.78, 5) is 20.5. The number of carbonyl (C=O) groups excluding carboxylic acids is 1. The molecule has 0 saturated heterocycles. The van der Waals surface area contributed by atoms with Crippen LogP contribution in [0.1, 0.15) is 25.7 Å². The lowest BCUT2D eigenvalue weighted by Crippen LogP contribution is -2.34. The molecule has 0 fully saturated rings. The summed E-state index contributed by atoms with van der Waals surface area (Å²) in [6.07, 6.45) is 2.89. The van der Waals surface area contributed by atoms with Gasteiger partial charge >= 0.3 is 6.09 Å². The van der Waals surface area contributed by atoms with Crippen LogP contribution in [0.2, 0.25) is 0 Å². The van der Waals surface area contributed by atoms with E-state index in [2.05, 4.69) is 17.9 Å². The minimum Gasteiger partial charge on any atom is -0.465 e. The molecule has 13 heavy (non-hydrogen) atoms. The Kier molecular flexibility index (Phi) is 7.48. The summed E-state index contributed by atoms with van der Waals surface area (Å²) in [5.74, 6) is 0.831. The second-order valence-electron chi connectivity index (χ2n) is 2.77. The van der Waals surface area contributed by atoms with Crippen LogP contribution in [-0.4, -0.2) is 29.3 Å². The van der Waals surface area contributed by atoms with E-state index >= 15 is 0 Å². The Morgan fingerprint density at radius 2 is 2.15 bits per heavy atom. The molecule has 0 aliphatic rings. The second kappa shape index (κ2) is 7.91. The molecular weight excluding hydrogens is 190 g/mol. The van der Waals surface area contributed by atoms with E-state index in [1.54, 1.807) is 0 Å². The lowest BCUT2D eigenvalue weighted by atomic mass is 10.1. The van der Waals surface area contributed by atoms with Gasteiger partial charge in [0.15, 0.2) is 0 Å². The molecule has 4 nitrogen and oxygen atoms in total. The molecule has 0 aromatic heterocycles. The zero-order chi connectivity index (χ0) is 10.1. The first kappa shape index (κ1) is 12.3. The molecule has 2 N–H and O–H groups in total. The molecule has 0 spiro atoms. The van der Waals surface area contributed by atoms with Crippen molar-refractivity contribution in [2.75, 3.05) is 5.75 Å². The monoisotopic (exact) mass is 205 g/mol. The number of rotatable bonds is 7. The molecule has 1 unspecified atom stereocenters. The quantitative estimate of drug-likeness (QED) is 0.333. The van der Waals surface area contributed by atoms with Gasteiger partial charge < -0.3 is 15.2 Å². The summed E-state index contributed by atoms with van der Waals surface area (Å²) >= 11 is 4.04. The van der Waals surface area contributed by atoms with Crippen LogP contribution in [0.4, 0.5) is 4.79 Å². The standard InChI is InChI=1S/C8H15NO3S/c10-6-7(9-8(11)12)4-2-1-3-5-13/h6-7,9,13H,1-5H2,(H,11,12). The third kappa shape index (κ3) is 7.64. The van der Waals surface area contributed by atoms with E-state index in [0.717, 1.165) is 25.0 Å². The Bertz CT molecular complexity index is 163. The smallest absolute Gasteiger partial charge is 0.405 e. The van der Waals surface area contributed by atoms with Crippen LogP contribution in [0.25, 0.3) is 0 Å². The van der Waals surface area contributed by atoms with Gasteiger partial charge in [0, 0.05) is 0 Å². The Morgan fingerprint density at radius 1 is 1.46 bits per heavy atom. The maximum atomic E-state index is 10.4. The van der Waals surface area contributed by atoms with Crippen molar-refractivity contribution in [1.82, 2.24) is 5.32 Å². The summed E-state index contributed by atoms with van der Waals surface area (Å²) in [5, 5.41) is 10.5. The number of carbonyl (C=O) groups is 2. The third-order valence-corrected chi connectivity index (χ3v) is 1.96. The SMILES string of the molecule is O=CC(CCCCCS)NC(=O)O. The molecule has 0 aromatic carbocycles. The van der Waals surface area contributed by atoms with Crippen molar-refractivity contribution in [3.05, 3.63) is 0 Å². The van der Waals surface area contributed by atoms with Gasteiger partial charge in [-0.15, -0.1) is 0 Å². The highest BCUT2D eigenvalue weighted by molar-refractivity contribution is 7.80. The fourth-order valence-corrected chi connectivity index (χ4v) is 1.21. The van der Waals surface area contributed by atoms with Crippen LogP contribution in [0.5, 0.6) is 0 Å². The average Bonchev–Trinajstić information content (AvgIpc) is 2.09. The minimum atomic E-state index is -1.15. The molecule has 0 bridgehead atoms. The van der Waals surface area contributed by atoms with Gasteiger partial charge in [-0.3, -0.25) is 0 Å². The van der Waals surface area contributed by atoms with Crippen molar-refractivity contribution in [3.63, 3.8) is 0 Å². The second-order valence-corrected chi connectivity index (χ2v) is 3.21. The van der Waals surface area contributed by atoms with Crippen LogP contribution < -0.4 is 5.32 Å². The van der Waals surface area contributed by atoms with E-state index in [4.69, 9.17) is 5.11 Å². The van der Waals surface area contributed by atoms with Crippen LogP contribution in [0.3, 0.4) is 0 Å². The van der Waals surface area contributed by atoms with Gasteiger partial charge in [-0.05, 0) is 18.6 Å². The largest absolute Gasteiger partial charge is 0.465 e. The van der Waals surface area contributed by atoms with Crippen molar-refractivity contribution in [3.8, 4) is 0 Å². The maximum Gasteiger partial charge on any atom is 0.405 e. The molecule has 1 atom stereocenters. The van der Waals surface area contributed by atoms with Crippen LogP contribution in [0, 0.1) is 0 Å². The van der Waals surface area contributed by atoms with Crippen molar-refractivity contribution in [2.24, 2.45) is 0 Å². The molecule has 0 aliphatic heterocycles. The predicted octanol–water partition coefficient (Wildman–Crippen LogP) is 1.31. The van der Waals surface area contributed by atoms with Gasteiger partial charge in [0.2, 0.25) is 0 Å². The van der Waals surface area contributed by atoms with Gasteiger partial charge in [-0.2, -0.15) is 12.6 Å². The number of amides is 1. The molecular formula is C8H15NO3S. The first-order valence-corrected chi connectivity index (χ1v) is 4.89. The summed E-state index contributed by atoms with van der Waals surface area (Å²) in [6, 6.07) is -0.558. The minimum absolute atomic E-state index is 0.558. The van der Waals surface area contributed by atoms with Gasteiger partial charge in [0.05, 0.1) is 6.04 Å². The summed E-state index contributed by atoms with van der Waals surface area (Å²) < 4.78 is 0. The molecule has 0 aliphatic carbocycles. The Hall–Kier alpha value is -0.710. The lowest BCUT2D eigenvalue weighted by Gasteiger charge is -2.08. The number of aldehydes is 1. The average molecular weight is 205 g/mol. The molecule has 76 valence electrons. The third-order valence-electron chi connectivity index (χ3n) is 1.65. The molecule has 1 amide bonds. The number of hydrogen-bond acceptors (Lipinski definition) is 3. The van der Waals surface area contributed by atoms with E-state index in [1.807, 2.05) is 0 Å². The van der Waals surface area contributed by atoms with E-state index in [0.29, 0.717) is 12.7 Å². The van der Waals surface area contributed by atoms with E-state index in [1.165, 1.54) is 0 Å². The van der Waals surface area contributed by atoms with Gasteiger partial charge in [0.25, 0.3) is 0 Å². The highest BCUT2D eigenvalue weighted by atomic mass is 32.1. The van der Waals surface area contributed by atoms with E-state index < -0.39 is 12.1 Å². The Balaban J connectivity index is 3.48. The van der Waals surface area contributed by atoms with Gasteiger partial charge in [-0.25, -0.2) is 4.79 Å². The number of unbranched alkanes of at least 4 members (excludes halogenated alkanes) is 2. The normalized spacial score (nSPS) is 12.1. The van der Waals surface area contributed by atoms with Crippen molar-refractivity contribution in [2.45, 2.75) is 31.7 Å². The number of carboxylic acid groups (broad SMARTS) is 1. The summed E-state index contributed by atoms with van der Waals surface area (Å²) in [7, 11) is 0. The fourth-order valence-electron chi connectivity index (χ4n) is 0.986. The number of thiol groups is 1. The summed E-state index contributed by atoms with van der Waals surface area (Å²) in [5.41, 5.74) is 0. The molecule has 0 aromatic rings. The molecule has 5 heteroatoms. The highest BCUT2D eigenvalue weighted by Crippen LogP contribution is 2.03. The van der Waals surface area contributed by atoms with Crippen LogP contribution in [-0.2, 0) is 4.79 Å². The van der Waals surface area contributed by atoms with Crippen molar-refractivity contribution in [1.29, 1.82) is 0 Å². The summed E-state index contributed by atoms with van der Waals surface area (Å²) in [6.45, 7) is 0. The van der Waals surface area contributed by atoms with E-state index in [-0.39, 0.29) is 0 Å². The number of nitrogens with one attached hydrogen (secondary N) is 1. The molecule has 0 heterocycles. The van der Waals surface area contributed by atoms with Gasteiger partial charge in [-0.1, -0.05) is 12.8 Å². The fraction of sp³-hybridized carbons (Fsp3) is 0.750. The maximum absolute atomic E-state index is 10.4. The zero-order valence-electron chi connectivity index (χ0n) is 7.40. The van der Waals surface area contributed by atoms with Crippen LogP contribution in [0.15, 0.2) is 0 Å². The predicted molar refractivity (Wildman–Crippen MR) is 53.3 cm³/mol. The lowest BCUT2D eigenvalue weighted by molar-refractivity contribution is -0.109. The highest BCUT2D eigenvalue weighted by Gasteiger charge is 2.08. The molecule has 0 rings (SSSR count). The van der Waals surface area contributed by atoms with Crippen molar-refractivity contribution >= 4 is 25.0 Å². The van der Waals surface area contributed by atoms with E-state index in [9.17, 15) is 9.59 Å². The first-order valence-electron chi connectivity index (χ1n) is 4.26. The Morgan fingerprint density at radius 3 is 2.62 bits per heavy atom. The molecule has 0 saturated carbocycles. The topological polar surface area (TPSA) is 66.4 Å². The zero-order valence-corrected chi connectivity index (χ0v) is 8.30. The molecule has 0 radical (unpaired) electrons.